The van der Waals surface area contributed by atoms with Crippen LogP contribution in [0, 0.1) is 0 Å². The Bertz CT molecular complexity index is 504. The minimum Gasteiger partial charge on any atom is -0.349 e. The molecule has 0 saturated carbocycles. The number of rotatable bonds is 3. The maximum atomic E-state index is 12.2. The van der Waals surface area contributed by atoms with Crippen LogP contribution in [-0.4, -0.2) is 65.0 Å². The van der Waals surface area contributed by atoms with Crippen molar-refractivity contribution in [3.63, 3.8) is 0 Å². The summed E-state index contributed by atoms with van der Waals surface area (Å²) in [5, 5.41) is 4.93. The van der Waals surface area contributed by atoms with E-state index in [9.17, 15) is 4.79 Å². The van der Waals surface area contributed by atoms with E-state index >= 15 is 0 Å². The van der Waals surface area contributed by atoms with Crippen molar-refractivity contribution in [3.8, 4) is 0 Å². The molecule has 1 fully saturated rings. The van der Waals surface area contributed by atoms with Gasteiger partial charge in [0.1, 0.15) is 0 Å². The zero-order valence-electron chi connectivity index (χ0n) is 13.1. The van der Waals surface area contributed by atoms with Crippen LogP contribution in [0.5, 0.6) is 0 Å². The van der Waals surface area contributed by atoms with Crippen molar-refractivity contribution < 1.29 is 14.3 Å². The van der Waals surface area contributed by atoms with Crippen LogP contribution in [0.2, 0.25) is 0 Å². The third kappa shape index (κ3) is 3.96. The number of ether oxygens (including phenoxy) is 2. The van der Waals surface area contributed by atoms with Gasteiger partial charge in [-0.3, -0.25) is 0 Å². The maximum Gasteiger partial charge on any atom is 0.346 e. The fraction of sp³-hybridized carbons (Fsp3) is 0.769. The molecule has 1 aromatic rings. The molecule has 0 spiro atoms. The molecular formula is C13H22N4O3S. The van der Waals surface area contributed by atoms with E-state index in [1.165, 1.54) is 21.3 Å². The number of nitrogens with zero attached hydrogens (tertiary/aromatic N) is 4. The third-order valence-corrected chi connectivity index (χ3v) is 3.81. The van der Waals surface area contributed by atoms with Gasteiger partial charge >= 0.3 is 6.03 Å². The predicted octanol–water partition coefficient (Wildman–Crippen LogP) is 1.57. The Labute approximate surface area is 129 Å². The molecule has 1 aliphatic rings. The second-order valence-electron chi connectivity index (χ2n) is 6.04. The van der Waals surface area contributed by atoms with Crippen LogP contribution in [0.15, 0.2) is 5.16 Å². The Balaban J connectivity index is 2.19. The average Bonchev–Trinajstić information content (AvgIpc) is 3.03. The van der Waals surface area contributed by atoms with E-state index in [1.54, 1.807) is 14.1 Å². The quantitative estimate of drug-likeness (QED) is 0.789. The van der Waals surface area contributed by atoms with Crippen LogP contribution in [0.1, 0.15) is 26.6 Å². The highest BCUT2D eigenvalue weighted by atomic mass is 32.2. The number of thioether (sulfide) groups is 1. The van der Waals surface area contributed by atoms with Gasteiger partial charge in [0.15, 0.2) is 17.3 Å². The number of carbonyl (C=O) groups is 1. The van der Waals surface area contributed by atoms with Crippen molar-refractivity contribution in [2.24, 2.45) is 0 Å². The summed E-state index contributed by atoms with van der Waals surface area (Å²) in [5.41, 5.74) is -0.215. The molecule has 2 rings (SSSR count). The van der Waals surface area contributed by atoms with Gasteiger partial charge in [-0.05, 0) is 0 Å². The maximum absolute atomic E-state index is 12.2. The molecule has 0 bridgehead atoms. The molecule has 0 radical (unpaired) electrons. The van der Waals surface area contributed by atoms with Gasteiger partial charge in [-0.1, -0.05) is 32.5 Å². The first kappa shape index (κ1) is 16.3. The fourth-order valence-electron chi connectivity index (χ4n) is 1.67. The summed E-state index contributed by atoms with van der Waals surface area (Å²) in [6.07, 6.45) is -0.243. The van der Waals surface area contributed by atoms with Crippen LogP contribution in [0.4, 0.5) is 4.79 Å². The molecule has 1 aromatic heterocycles. The Kier molecular flexibility index (Phi) is 4.90. The summed E-state index contributed by atoms with van der Waals surface area (Å²) in [4.78, 5) is 18.2. The molecule has 7 nitrogen and oxygen atoms in total. The van der Waals surface area contributed by atoms with Gasteiger partial charge in [0.05, 0.1) is 19.0 Å². The smallest absolute Gasteiger partial charge is 0.346 e. The summed E-state index contributed by atoms with van der Waals surface area (Å²) in [5.74, 6) is 1.23. The zero-order valence-corrected chi connectivity index (χ0v) is 13.9. The molecule has 2 heterocycles. The number of aromatic nitrogens is 3. The van der Waals surface area contributed by atoms with Crippen LogP contribution in [-0.2, 0) is 14.9 Å². The molecule has 0 atom stereocenters. The minimum atomic E-state index is -0.243. The summed E-state index contributed by atoms with van der Waals surface area (Å²) in [6.45, 7) is 7.28. The highest BCUT2D eigenvalue weighted by Crippen LogP contribution is 2.25. The lowest BCUT2D eigenvalue weighted by Gasteiger charge is -2.13. The average molecular weight is 314 g/mol. The monoisotopic (exact) mass is 314 g/mol. The van der Waals surface area contributed by atoms with Gasteiger partial charge in [-0.25, -0.2) is 9.78 Å². The van der Waals surface area contributed by atoms with Crippen molar-refractivity contribution in [1.82, 2.24) is 19.7 Å². The Morgan fingerprint density at radius 1 is 1.38 bits per heavy atom. The predicted molar refractivity (Wildman–Crippen MR) is 79.6 cm³/mol. The lowest BCUT2D eigenvalue weighted by atomic mass is 9.96. The lowest BCUT2D eigenvalue weighted by Crippen LogP contribution is -2.29. The van der Waals surface area contributed by atoms with Crippen LogP contribution in [0.3, 0.4) is 0 Å². The normalized spacial score (nSPS) is 16.4. The molecule has 21 heavy (non-hydrogen) atoms. The zero-order chi connectivity index (χ0) is 15.6. The molecule has 1 aliphatic heterocycles. The van der Waals surface area contributed by atoms with E-state index in [0.717, 1.165) is 0 Å². The molecule has 8 heteroatoms. The van der Waals surface area contributed by atoms with Crippen molar-refractivity contribution in [2.75, 3.05) is 33.1 Å². The van der Waals surface area contributed by atoms with E-state index in [4.69, 9.17) is 9.47 Å². The van der Waals surface area contributed by atoms with Crippen molar-refractivity contribution in [2.45, 2.75) is 37.6 Å². The van der Waals surface area contributed by atoms with Gasteiger partial charge in [0.25, 0.3) is 0 Å². The van der Waals surface area contributed by atoms with E-state index in [1.807, 2.05) is 20.8 Å². The van der Waals surface area contributed by atoms with E-state index in [-0.39, 0.29) is 17.7 Å². The summed E-state index contributed by atoms with van der Waals surface area (Å²) < 4.78 is 12.1. The van der Waals surface area contributed by atoms with Crippen molar-refractivity contribution >= 4 is 17.8 Å². The van der Waals surface area contributed by atoms with Gasteiger partial charge in [-0.15, -0.1) is 5.10 Å². The Hall–Kier alpha value is -1.12. The molecule has 1 amide bonds. The standard InChI is InChI=1S/C13H22N4O3S/c1-13(2,3)10-14-11(17(15-10)12(18)16(4)5)21-8-9-19-6-7-20-9/h9H,6-8H2,1-5H3. The second-order valence-corrected chi connectivity index (χ2v) is 7.03. The molecule has 0 N–H and O–H groups in total. The lowest BCUT2D eigenvalue weighted by molar-refractivity contribution is -0.0215. The minimum absolute atomic E-state index is 0.214. The SMILES string of the molecule is CN(C)C(=O)n1nc(C(C)(C)C)nc1SCC1OCCO1. The van der Waals surface area contributed by atoms with Crippen molar-refractivity contribution in [1.29, 1.82) is 0 Å². The van der Waals surface area contributed by atoms with Gasteiger partial charge in [-0.2, -0.15) is 4.68 Å². The van der Waals surface area contributed by atoms with Crippen LogP contribution in [0.25, 0.3) is 0 Å². The summed E-state index contributed by atoms with van der Waals surface area (Å²) in [6, 6.07) is -0.214. The number of amides is 1. The van der Waals surface area contributed by atoms with Crippen LogP contribution < -0.4 is 0 Å². The highest BCUT2D eigenvalue weighted by molar-refractivity contribution is 7.99. The third-order valence-electron chi connectivity index (χ3n) is 2.85. The molecule has 0 aromatic carbocycles. The first-order chi connectivity index (χ1) is 9.79. The molecule has 0 aliphatic carbocycles. The van der Waals surface area contributed by atoms with E-state index in [2.05, 4.69) is 10.1 Å². The van der Waals surface area contributed by atoms with Crippen molar-refractivity contribution in [3.05, 3.63) is 5.82 Å². The largest absolute Gasteiger partial charge is 0.349 e. The second kappa shape index (κ2) is 6.33. The number of hydrogen-bond donors (Lipinski definition) is 0. The van der Waals surface area contributed by atoms with E-state index < -0.39 is 0 Å². The Morgan fingerprint density at radius 3 is 2.52 bits per heavy atom. The highest BCUT2D eigenvalue weighted by Gasteiger charge is 2.26. The number of hydrogen-bond acceptors (Lipinski definition) is 6. The molecule has 0 unspecified atom stereocenters. The van der Waals surface area contributed by atoms with Gasteiger partial charge in [0, 0.05) is 19.5 Å². The summed E-state index contributed by atoms with van der Waals surface area (Å²) >= 11 is 1.42. The topological polar surface area (TPSA) is 69.5 Å². The summed E-state index contributed by atoms with van der Waals surface area (Å²) in [7, 11) is 3.39. The fourth-order valence-corrected chi connectivity index (χ4v) is 2.54. The molecule has 118 valence electrons. The number of carbonyl (C=O) groups excluding carboxylic acids is 1. The molecule has 1 saturated heterocycles. The first-order valence-electron chi connectivity index (χ1n) is 6.84. The van der Waals surface area contributed by atoms with E-state index in [0.29, 0.717) is 29.9 Å². The first-order valence-corrected chi connectivity index (χ1v) is 7.83. The Morgan fingerprint density at radius 2 is 2.00 bits per heavy atom. The van der Waals surface area contributed by atoms with Gasteiger partial charge < -0.3 is 14.4 Å². The van der Waals surface area contributed by atoms with Crippen LogP contribution >= 0.6 is 11.8 Å². The van der Waals surface area contributed by atoms with Gasteiger partial charge in [0.2, 0.25) is 0 Å². The molecular weight excluding hydrogens is 292 g/mol.